The highest BCUT2D eigenvalue weighted by atomic mass is 79.9. The van der Waals surface area contributed by atoms with Crippen molar-refractivity contribution < 1.29 is 0 Å². The van der Waals surface area contributed by atoms with Gasteiger partial charge in [-0.1, -0.05) is 55.8 Å². The van der Waals surface area contributed by atoms with E-state index in [1.807, 2.05) is 0 Å². The quantitative estimate of drug-likeness (QED) is 0.691. The first-order valence-electron chi connectivity index (χ1n) is 7.40. The van der Waals surface area contributed by atoms with Crippen LogP contribution in [0.1, 0.15) is 59.1 Å². The Morgan fingerprint density at radius 2 is 1.37 bits per heavy atom. The number of hydrogen-bond donors (Lipinski definition) is 1. The van der Waals surface area contributed by atoms with E-state index < -0.39 is 0 Å². The summed E-state index contributed by atoms with van der Waals surface area (Å²) in [5.41, 5.74) is 1.36. The zero-order valence-corrected chi connectivity index (χ0v) is 14.5. The van der Waals surface area contributed by atoms with Gasteiger partial charge in [0.15, 0.2) is 0 Å². The zero-order valence-electron chi connectivity index (χ0n) is 12.9. The largest absolute Gasteiger partial charge is 0.307 e. The van der Waals surface area contributed by atoms with Gasteiger partial charge in [0, 0.05) is 16.6 Å². The summed E-state index contributed by atoms with van der Waals surface area (Å²) in [6.07, 6.45) is 2.50. The fourth-order valence-electron chi connectivity index (χ4n) is 2.57. The van der Waals surface area contributed by atoms with Crippen LogP contribution in [0.5, 0.6) is 0 Å². The third-order valence-corrected chi connectivity index (χ3v) is 3.90. The molecule has 0 spiro atoms. The van der Waals surface area contributed by atoms with Crippen LogP contribution >= 0.6 is 15.9 Å². The van der Waals surface area contributed by atoms with Crippen LogP contribution < -0.4 is 5.32 Å². The third kappa shape index (κ3) is 6.58. The lowest BCUT2D eigenvalue weighted by molar-refractivity contribution is 0.335. The number of rotatable bonds is 7. The zero-order chi connectivity index (χ0) is 14.4. The van der Waals surface area contributed by atoms with Crippen molar-refractivity contribution in [1.29, 1.82) is 0 Å². The van der Waals surface area contributed by atoms with E-state index >= 15 is 0 Å². The maximum Gasteiger partial charge on any atom is 0.0294 e. The Hall–Kier alpha value is -0.340. The SMILES string of the molecule is CC(C)CC(CC(C)C)N[C@@H](C)c1ccc(Br)cc1. The standard InChI is InChI=1S/C17H28BrN/c1-12(2)10-17(11-13(3)4)19-14(5)15-6-8-16(18)9-7-15/h6-9,12-14,17,19H,10-11H2,1-5H3/t14-/m0/s1. The van der Waals surface area contributed by atoms with E-state index in [2.05, 4.69) is 80.1 Å². The molecule has 0 amide bonds. The van der Waals surface area contributed by atoms with Gasteiger partial charge in [-0.25, -0.2) is 0 Å². The third-order valence-electron chi connectivity index (χ3n) is 3.37. The van der Waals surface area contributed by atoms with Crippen LogP contribution in [0.15, 0.2) is 28.7 Å². The smallest absolute Gasteiger partial charge is 0.0294 e. The predicted octanol–water partition coefficient (Wildman–Crippen LogP) is 5.56. The van der Waals surface area contributed by atoms with Crippen LogP contribution in [0.3, 0.4) is 0 Å². The molecule has 19 heavy (non-hydrogen) atoms. The molecule has 0 heterocycles. The van der Waals surface area contributed by atoms with Crippen molar-refractivity contribution in [2.24, 2.45) is 11.8 Å². The van der Waals surface area contributed by atoms with Crippen molar-refractivity contribution in [1.82, 2.24) is 5.32 Å². The highest BCUT2D eigenvalue weighted by Gasteiger charge is 2.16. The lowest BCUT2D eigenvalue weighted by atomic mass is 9.94. The summed E-state index contributed by atoms with van der Waals surface area (Å²) in [5, 5.41) is 3.80. The van der Waals surface area contributed by atoms with Crippen molar-refractivity contribution in [3.8, 4) is 0 Å². The second-order valence-corrected chi connectivity index (χ2v) is 7.31. The predicted molar refractivity (Wildman–Crippen MR) is 88.4 cm³/mol. The maximum atomic E-state index is 3.80. The normalized spacial score (nSPS) is 13.5. The minimum absolute atomic E-state index is 0.413. The highest BCUT2D eigenvalue weighted by Crippen LogP contribution is 2.20. The van der Waals surface area contributed by atoms with Crippen molar-refractivity contribution in [3.05, 3.63) is 34.3 Å². The molecule has 0 saturated carbocycles. The van der Waals surface area contributed by atoms with Crippen molar-refractivity contribution >= 4 is 15.9 Å². The van der Waals surface area contributed by atoms with E-state index in [-0.39, 0.29) is 0 Å². The molecular formula is C17H28BrN. The molecule has 0 radical (unpaired) electrons. The van der Waals surface area contributed by atoms with Crippen LogP contribution in [0.4, 0.5) is 0 Å². The van der Waals surface area contributed by atoms with Crippen molar-refractivity contribution in [3.63, 3.8) is 0 Å². The summed E-state index contributed by atoms with van der Waals surface area (Å²) < 4.78 is 1.14. The van der Waals surface area contributed by atoms with Crippen molar-refractivity contribution in [2.45, 2.75) is 59.5 Å². The van der Waals surface area contributed by atoms with Crippen LogP contribution in [-0.4, -0.2) is 6.04 Å². The topological polar surface area (TPSA) is 12.0 Å². The van der Waals surface area contributed by atoms with Gasteiger partial charge in [-0.15, -0.1) is 0 Å². The Kier molecular flexibility index (Phi) is 7.09. The molecule has 1 atom stereocenters. The van der Waals surface area contributed by atoms with Gasteiger partial charge in [-0.3, -0.25) is 0 Å². The number of benzene rings is 1. The molecule has 0 unspecified atom stereocenters. The number of hydrogen-bond acceptors (Lipinski definition) is 1. The molecule has 0 aliphatic heterocycles. The minimum Gasteiger partial charge on any atom is -0.307 e. The Balaban J connectivity index is 2.63. The summed E-state index contributed by atoms with van der Waals surface area (Å²) >= 11 is 3.49. The van der Waals surface area contributed by atoms with Gasteiger partial charge in [-0.2, -0.15) is 0 Å². The van der Waals surface area contributed by atoms with Crippen LogP contribution in [0.2, 0.25) is 0 Å². The molecule has 0 bridgehead atoms. The van der Waals surface area contributed by atoms with Crippen LogP contribution in [0, 0.1) is 11.8 Å². The van der Waals surface area contributed by atoms with Gasteiger partial charge in [0.1, 0.15) is 0 Å². The molecule has 108 valence electrons. The molecule has 1 aromatic rings. The van der Waals surface area contributed by atoms with E-state index in [0.717, 1.165) is 16.3 Å². The Labute approximate surface area is 127 Å². The van der Waals surface area contributed by atoms with E-state index in [1.165, 1.54) is 18.4 Å². The molecule has 1 nitrogen and oxygen atoms in total. The van der Waals surface area contributed by atoms with E-state index in [1.54, 1.807) is 0 Å². The fraction of sp³-hybridized carbons (Fsp3) is 0.647. The van der Waals surface area contributed by atoms with E-state index in [0.29, 0.717) is 12.1 Å². The first kappa shape index (κ1) is 16.7. The minimum atomic E-state index is 0.413. The average Bonchev–Trinajstić information content (AvgIpc) is 2.27. The van der Waals surface area contributed by atoms with Gasteiger partial charge >= 0.3 is 0 Å². The number of nitrogens with one attached hydrogen (secondary N) is 1. The molecule has 0 aliphatic carbocycles. The molecule has 0 saturated heterocycles. The molecule has 0 aliphatic rings. The molecule has 1 aromatic carbocycles. The van der Waals surface area contributed by atoms with E-state index in [4.69, 9.17) is 0 Å². The van der Waals surface area contributed by atoms with E-state index in [9.17, 15) is 0 Å². The monoisotopic (exact) mass is 325 g/mol. The molecule has 0 aromatic heterocycles. The first-order chi connectivity index (χ1) is 8.88. The summed E-state index contributed by atoms with van der Waals surface area (Å²) in [6.45, 7) is 11.5. The molecule has 2 heteroatoms. The van der Waals surface area contributed by atoms with Gasteiger partial charge in [0.25, 0.3) is 0 Å². The summed E-state index contributed by atoms with van der Waals surface area (Å²) in [7, 11) is 0. The lowest BCUT2D eigenvalue weighted by Crippen LogP contribution is -2.33. The molecule has 1 N–H and O–H groups in total. The van der Waals surface area contributed by atoms with Gasteiger partial charge < -0.3 is 5.32 Å². The Morgan fingerprint density at radius 3 is 1.79 bits per heavy atom. The molecule has 1 rings (SSSR count). The lowest BCUT2D eigenvalue weighted by Gasteiger charge is -2.26. The van der Waals surface area contributed by atoms with Crippen LogP contribution in [-0.2, 0) is 0 Å². The fourth-order valence-corrected chi connectivity index (χ4v) is 2.84. The number of halogens is 1. The van der Waals surface area contributed by atoms with Crippen molar-refractivity contribution in [2.75, 3.05) is 0 Å². The second-order valence-electron chi connectivity index (χ2n) is 6.40. The van der Waals surface area contributed by atoms with Gasteiger partial charge in [0.2, 0.25) is 0 Å². The highest BCUT2D eigenvalue weighted by molar-refractivity contribution is 9.10. The second kappa shape index (κ2) is 8.06. The van der Waals surface area contributed by atoms with Crippen LogP contribution in [0.25, 0.3) is 0 Å². The summed E-state index contributed by atoms with van der Waals surface area (Å²) in [5.74, 6) is 1.49. The summed E-state index contributed by atoms with van der Waals surface area (Å²) in [4.78, 5) is 0. The Morgan fingerprint density at radius 1 is 0.895 bits per heavy atom. The Bertz CT molecular complexity index is 346. The molecular weight excluding hydrogens is 298 g/mol. The first-order valence-corrected chi connectivity index (χ1v) is 8.19. The summed E-state index contributed by atoms with van der Waals surface area (Å²) in [6, 6.07) is 9.66. The van der Waals surface area contributed by atoms with Gasteiger partial charge in [0.05, 0.1) is 0 Å². The van der Waals surface area contributed by atoms with Gasteiger partial charge in [-0.05, 0) is 49.3 Å². The average molecular weight is 326 g/mol. The maximum absolute atomic E-state index is 3.80. The molecule has 0 fully saturated rings.